The van der Waals surface area contributed by atoms with E-state index in [1.165, 1.54) is 22.3 Å². The predicted octanol–water partition coefficient (Wildman–Crippen LogP) is 2.46. The number of H-pyrrole nitrogens is 1. The molecule has 0 saturated heterocycles. The molecule has 0 aliphatic carbocycles. The summed E-state index contributed by atoms with van der Waals surface area (Å²) in [5.41, 5.74) is 4.53. The van der Waals surface area contributed by atoms with Gasteiger partial charge >= 0.3 is 0 Å². The van der Waals surface area contributed by atoms with Gasteiger partial charge in [0, 0.05) is 4.88 Å². The molecule has 0 aliphatic heterocycles. The second-order valence-electron chi connectivity index (χ2n) is 6.10. The number of hydrogen-bond donors (Lipinski definition) is 2. The fourth-order valence-electron chi connectivity index (χ4n) is 2.80. The second kappa shape index (κ2) is 6.34. The van der Waals surface area contributed by atoms with Crippen molar-refractivity contribution in [3.63, 3.8) is 0 Å². The number of amides is 1. The molecule has 3 heterocycles. The highest BCUT2D eigenvalue weighted by Crippen LogP contribution is 2.30. The van der Waals surface area contributed by atoms with E-state index in [0.717, 1.165) is 27.0 Å². The number of carbonyl (C=O) groups is 1. The first-order valence-electron chi connectivity index (χ1n) is 8.09. The highest BCUT2D eigenvalue weighted by atomic mass is 32.1. The number of nitrogens with one attached hydrogen (secondary N) is 2. The van der Waals surface area contributed by atoms with Crippen LogP contribution in [-0.4, -0.2) is 36.1 Å². The van der Waals surface area contributed by atoms with Gasteiger partial charge in [-0.25, -0.2) is 4.98 Å². The zero-order chi connectivity index (χ0) is 18.3. The number of benzene rings is 1. The predicted molar refractivity (Wildman–Crippen MR) is 98.5 cm³/mol. The Balaban J connectivity index is 1.58. The SMILES string of the molecule is Cc1ccc2nc(CNC(=O)c3c(-n4cnnn4)sc(C)c3C)[nH]c2c1. The van der Waals surface area contributed by atoms with Gasteiger partial charge in [-0.15, -0.1) is 16.4 Å². The Kier molecular flexibility index (Phi) is 4.00. The first-order valence-corrected chi connectivity index (χ1v) is 8.91. The van der Waals surface area contributed by atoms with E-state index in [0.29, 0.717) is 22.9 Å². The average Bonchev–Trinajstić information content (AvgIpc) is 3.32. The first kappa shape index (κ1) is 16.4. The number of tetrazole rings is 1. The molecule has 0 spiro atoms. The molecule has 0 saturated carbocycles. The number of imidazole rings is 1. The minimum absolute atomic E-state index is 0.172. The summed E-state index contributed by atoms with van der Waals surface area (Å²) in [6, 6.07) is 6.02. The maximum Gasteiger partial charge on any atom is 0.255 e. The molecule has 4 rings (SSSR count). The van der Waals surface area contributed by atoms with E-state index >= 15 is 0 Å². The van der Waals surface area contributed by atoms with Crippen LogP contribution in [0.4, 0.5) is 0 Å². The maximum absolute atomic E-state index is 12.8. The maximum atomic E-state index is 12.8. The molecular weight excluding hydrogens is 350 g/mol. The van der Waals surface area contributed by atoms with Gasteiger partial charge < -0.3 is 10.3 Å². The van der Waals surface area contributed by atoms with E-state index in [1.807, 2.05) is 39.0 Å². The van der Waals surface area contributed by atoms with Crippen molar-refractivity contribution in [1.82, 2.24) is 35.5 Å². The van der Waals surface area contributed by atoms with Crippen molar-refractivity contribution >= 4 is 28.3 Å². The van der Waals surface area contributed by atoms with E-state index in [9.17, 15) is 4.79 Å². The van der Waals surface area contributed by atoms with Crippen molar-refractivity contribution < 1.29 is 4.79 Å². The van der Waals surface area contributed by atoms with Crippen LogP contribution in [0, 0.1) is 20.8 Å². The molecule has 0 aliphatic rings. The lowest BCUT2D eigenvalue weighted by molar-refractivity contribution is 0.0949. The quantitative estimate of drug-likeness (QED) is 0.577. The molecule has 132 valence electrons. The van der Waals surface area contributed by atoms with Gasteiger partial charge in [-0.05, 0) is 54.5 Å². The van der Waals surface area contributed by atoms with E-state index in [4.69, 9.17) is 0 Å². The third kappa shape index (κ3) is 2.86. The highest BCUT2D eigenvalue weighted by Gasteiger charge is 2.21. The Labute approximate surface area is 153 Å². The summed E-state index contributed by atoms with van der Waals surface area (Å²) in [4.78, 5) is 21.6. The minimum atomic E-state index is -0.172. The van der Waals surface area contributed by atoms with Gasteiger partial charge in [0.15, 0.2) is 0 Å². The number of aromatic amines is 1. The molecular formula is C17H17N7OS. The lowest BCUT2D eigenvalue weighted by Crippen LogP contribution is -2.25. The standard InChI is InChI=1S/C17H17N7OS/c1-9-4-5-12-13(6-9)21-14(20-12)7-18-16(25)15-10(2)11(3)26-17(15)24-8-19-22-23-24/h4-6,8H,7H2,1-3H3,(H,18,25)(H,20,21). The van der Waals surface area contributed by atoms with Crippen LogP contribution < -0.4 is 5.32 Å². The zero-order valence-corrected chi connectivity index (χ0v) is 15.4. The zero-order valence-electron chi connectivity index (χ0n) is 14.6. The third-order valence-corrected chi connectivity index (χ3v) is 5.45. The molecule has 0 fully saturated rings. The van der Waals surface area contributed by atoms with Gasteiger partial charge in [-0.2, -0.15) is 4.68 Å². The first-order chi connectivity index (χ1) is 12.5. The Bertz CT molecular complexity index is 1090. The van der Waals surface area contributed by atoms with Gasteiger partial charge in [0.05, 0.1) is 23.1 Å². The Morgan fingerprint density at radius 3 is 2.92 bits per heavy atom. The largest absolute Gasteiger partial charge is 0.345 e. The lowest BCUT2D eigenvalue weighted by atomic mass is 10.1. The van der Waals surface area contributed by atoms with Crippen molar-refractivity contribution in [2.24, 2.45) is 0 Å². The molecule has 1 aromatic carbocycles. The smallest absolute Gasteiger partial charge is 0.255 e. The molecule has 3 aromatic heterocycles. The van der Waals surface area contributed by atoms with Crippen LogP contribution in [0.25, 0.3) is 16.0 Å². The van der Waals surface area contributed by atoms with Gasteiger partial charge in [0.2, 0.25) is 0 Å². The summed E-state index contributed by atoms with van der Waals surface area (Å²) in [7, 11) is 0. The van der Waals surface area contributed by atoms with Crippen molar-refractivity contribution in [3.05, 3.63) is 51.9 Å². The minimum Gasteiger partial charge on any atom is -0.345 e. The number of fused-ring (bicyclic) bond motifs is 1. The Morgan fingerprint density at radius 2 is 2.15 bits per heavy atom. The summed E-state index contributed by atoms with van der Waals surface area (Å²) in [5, 5.41) is 14.9. The van der Waals surface area contributed by atoms with Crippen LogP contribution in [0.1, 0.15) is 32.2 Å². The Hall–Kier alpha value is -3.07. The van der Waals surface area contributed by atoms with E-state index in [2.05, 4.69) is 30.8 Å². The molecule has 0 bridgehead atoms. The van der Waals surface area contributed by atoms with Gasteiger partial charge in [-0.3, -0.25) is 4.79 Å². The van der Waals surface area contributed by atoms with Crippen molar-refractivity contribution in [2.75, 3.05) is 0 Å². The third-order valence-electron chi connectivity index (χ3n) is 4.25. The molecule has 2 N–H and O–H groups in total. The Morgan fingerprint density at radius 1 is 1.31 bits per heavy atom. The van der Waals surface area contributed by atoms with E-state index < -0.39 is 0 Å². The molecule has 26 heavy (non-hydrogen) atoms. The van der Waals surface area contributed by atoms with Crippen molar-refractivity contribution in [3.8, 4) is 5.00 Å². The summed E-state index contributed by atoms with van der Waals surface area (Å²) < 4.78 is 1.52. The molecule has 0 atom stereocenters. The second-order valence-corrected chi connectivity index (χ2v) is 7.31. The highest BCUT2D eigenvalue weighted by molar-refractivity contribution is 7.15. The number of hydrogen-bond acceptors (Lipinski definition) is 6. The van der Waals surface area contributed by atoms with Crippen molar-refractivity contribution in [1.29, 1.82) is 0 Å². The van der Waals surface area contributed by atoms with Gasteiger partial charge in [-0.1, -0.05) is 6.07 Å². The number of aromatic nitrogens is 6. The number of thiophene rings is 1. The monoisotopic (exact) mass is 367 g/mol. The number of carbonyl (C=O) groups excluding carboxylic acids is 1. The molecule has 8 nitrogen and oxygen atoms in total. The number of nitrogens with zero attached hydrogens (tertiary/aromatic N) is 5. The summed E-state index contributed by atoms with van der Waals surface area (Å²) in [6.45, 7) is 6.25. The van der Waals surface area contributed by atoms with Gasteiger partial charge in [0.25, 0.3) is 5.91 Å². The van der Waals surface area contributed by atoms with Crippen LogP contribution in [0.15, 0.2) is 24.5 Å². The summed E-state index contributed by atoms with van der Waals surface area (Å²) in [5.74, 6) is 0.543. The topological polar surface area (TPSA) is 101 Å². The molecule has 9 heteroatoms. The molecule has 0 radical (unpaired) electrons. The summed E-state index contributed by atoms with van der Waals surface area (Å²) in [6.07, 6.45) is 1.49. The van der Waals surface area contributed by atoms with Gasteiger partial charge in [0.1, 0.15) is 17.2 Å². The van der Waals surface area contributed by atoms with Crippen molar-refractivity contribution in [2.45, 2.75) is 27.3 Å². The van der Waals surface area contributed by atoms with Crippen LogP contribution in [0.5, 0.6) is 0 Å². The molecule has 1 amide bonds. The normalized spacial score (nSPS) is 11.2. The van der Waals surface area contributed by atoms with Crippen LogP contribution in [0.3, 0.4) is 0 Å². The van der Waals surface area contributed by atoms with E-state index in [1.54, 1.807) is 0 Å². The lowest BCUT2D eigenvalue weighted by Gasteiger charge is -2.06. The molecule has 0 unspecified atom stereocenters. The van der Waals surface area contributed by atoms with Crippen LogP contribution >= 0.6 is 11.3 Å². The molecule has 4 aromatic rings. The summed E-state index contributed by atoms with van der Waals surface area (Å²) >= 11 is 1.49. The fraction of sp³-hybridized carbons (Fsp3) is 0.235. The van der Waals surface area contributed by atoms with E-state index in [-0.39, 0.29) is 5.91 Å². The van der Waals surface area contributed by atoms with Crippen LogP contribution in [0.2, 0.25) is 0 Å². The average molecular weight is 367 g/mol. The number of aryl methyl sites for hydroxylation is 2. The number of rotatable bonds is 4. The van der Waals surface area contributed by atoms with Crippen LogP contribution in [-0.2, 0) is 6.54 Å². The fourth-order valence-corrected chi connectivity index (χ4v) is 3.87.